The largest absolute Gasteiger partial charge is 0.355 e. The van der Waals surface area contributed by atoms with E-state index < -0.39 is 0 Å². The molecule has 2 N–H and O–H groups in total. The SMILES string of the molecule is CN=C(NCC1(C)CCCS1)NC1CC1c1ccccc1F.I. The van der Waals surface area contributed by atoms with E-state index in [-0.39, 0.29) is 41.8 Å². The second kappa shape index (κ2) is 8.05. The van der Waals surface area contributed by atoms with Crippen molar-refractivity contribution in [3.05, 3.63) is 35.6 Å². The lowest BCUT2D eigenvalue weighted by molar-refractivity contribution is 0.583. The zero-order valence-electron chi connectivity index (χ0n) is 13.6. The Balaban J connectivity index is 0.00000192. The van der Waals surface area contributed by atoms with E-state index in [2.05, 4.69) is 22.5 Å². The molecule has 3 unspecified atom stereocenters. The number of benzene rings is 1. The van der Waals surface area contributed by atoms with Crippen LogP contribution in [0.25, 0.3) is 0 Å². The molecule has 6 heteroatoms. The normalized spacial score (nSPS) is 29.8. The van der Waals surface area contributed by atoms with Gasteiger partial charge in [-0.3, -0.25) is 4.99 Å². The van der Waals surface area contributed by atoms with E-state index in [0.717, 1.165) is 24.5 Å². The van der Waals surface area contributed by atoms with Gasteiger partial charge in [-0.15, -0.1) is 24.0 Å². The summed E-state index contributed by atoms with van der Waals surface area (Å²) >= 11 is 2.04. The first-order valence-corrected chi connectivity index (χ1v) is 8.95. The number of thioether (sulfide) groups is 1. The number of hydrogen-bond donors (Lipinski definition) is 2. The molecule has 1 aromatic carbocycles. The van der Waals surface area contributed by atoms with Crippen molar-refractivity contribution in [1.82, 2.24) is 10.6 Å². The summed E-state index contributed by atoms with van der Waals surface area (Å²) in [6.45, 7) is 3.23. The second-order valence-corrected chi connectivity index (χ2v) is 8.12. The Morgan fingerprint density at radius 3 is 2.87 bits per heavy atom. The number of nitrogens with zero attached hydrogens (tertiary/aromatic N) is 1. The van der Waals surface area contributed by atoms with Crippen molar-refractivity contribution in [2.45, 2.75) is 42.9 Å². The van der Waals surface area contributed by atoms with Gasteiger partial charge in [0, 0.05) is 30.3 Å². The molecule has 1 aliphatic heterocycles. The van der Waals surface area contributed by atoms with Gasteiger partial charge in [0.2, 0.25) is 0 Å². The Morgan fingerprint density at radius 2 is 2.22 bits per heavy atom. The first kappa shape index (κ1) is 18.8. The third-order valence-electron chi connectivity index (χ3n) is 4.57. The minimum atomic E-state index is -0.102. The molecule has 23 heavy (non-hydrogen) atoms. The molecule has 0 amide bonds. The average Bonchev–Trinajstić information content (AvgIpc) is 3.14. The first-order chi connectivity index (χ1) is 10.6. The monoisotopic (exact) mass is 449 g/mol. The molecule has 3 rings (SSSR count). The van der Waals surface area contributed by atoms with E-state index in [9.17, 15) is 4.39 Å². The van der Waals surface area contributed by atoms with E-state index >= 15 is 0 Å². The van der Waals surface area contributed by atoms with Crippen LogP contribution in [0.4, 0.5) is 4.39 Å². The molecule has 2 aliphatic rings. The zero-order chi connectivity index (χ0) is 15.6. The molecular weight excluding hydrogens is 424 g/mol. The van der Waals surface area contributed by atoms with E-state index in [4.69, 9.17) is 0 Å². The molecule has 1 saturated carbocycles. The van der Waals surface area contributed by atoms with Gasteiger partial charge in [0.15, 0.2) is 5.96 Å². The van der Waals surface area contributed by atoms with Gasteiger partial charge < -0.3 is 10.6 Å². The summed E-state index contributed by atoms with van der Waals surface area (Å²) in [6.07, 6.45) is 3.52. The summed E-state index contributed by atoms with van der Waals surface area (Å²) in [4.78, 5) is 4.30. The lowest BCUT2D eigenvalue weighted by Crippen LogP contribution is -2.44. The Labute approximate surface area is 159 Å². The predicted octanol–water partition coefficient (Wildman–Crippen LogP) is 3.75. The summed E-state index contributed by atoms with van der Waals surface area (Å²) in [7, 11) is 1.79. The Bertz CT molecular complexity index is 561. The van der Waals surface area contributed by atoms with Gasteiger partial charge in [-0.1, -0.05) is 18.2 Å². The molecule has 1 saturated heterocycles. The number of rotatable bonds is 4. The molecule has 3 nitrogen and oxygen atoms in total. The highest BCUT2D eigenvalue weighted by Gasteiger charge is 2.40. The topological polar surface area (TPSA) is 36.4 Å². The van der Waals surface area contributed by atoms with Crippen LogP contribution < -0.4 is 10.6 Å². The summed E-state index contributed by atoms with van der Waals surface area (Å²) in [5, 5.41) is 6.85. The van der Waals surface area contributed by atoms with Crippen LogP contribution in [0.3, 0.4) is 0 Å². The van der Waals surface area contributed by atoms with E-state index in [1.54, 1.807) is 13.1 Å². The Kier molecular flexibility index (Phi) is 6.59. The van der Waals surface area contributed by atoms with Crippen molar-refractivity contribution < 1.29 is 4.39 Å². The molecule has 2 fully saturated rings. The van der Waals surface area contributed by atoms with Gasteiger partial charge in [0.05, 0.1) is 0 Å². The highest BCUT2D eigenvalue weighted by atomic mass is 127. The quantitative estimate of drug-likeness (QED) is 0.418. The van der Waals surface area contributed by atoms with Crippen LogP contribution in [0.2, 0.25) is 0 Å². The van der Waals surface area contributed by atoms with Gasteiger partial charge in [-0.2, -0.15) is 11.8 Å². The maximum Gasteiger partial charge on any atom is 0.191 e. The molecule has 128 valence electrons. The summed E-state index contributed by atoms with van der Waals surface area (Å²) < 4.78 is 14.1. The fraction of sp³-hybridized carbons (Fsp3) is 0.588. The molecule has 3 atom stereocenters. The number of guanidine groups is 1. The molecule has 0 aromatic heterocycles. The van der Waals surface area contributed by atoms with Crippen LogP contribution >= 0.6 is 35.7 Å². The van der Waals surface area contributed by atoms with Crippen molar-refractivity contribution in [1.29, 1.82) is 0 Å². The minimum absolute atomic E-state index is 0. The van der Waals surface area contributed by atoms with Gasteiger partial charge in [0.25, 0.3) is 0 Å². The molecule has 0 radical (unpaired) electrons. The van der Waals surface area contributed by atoms with E-state index in [1.165, 1.54) is 24.7 Å². The third kappa shape index (κ3) is 4.75. The third-order valence-corrected chi connectivity index (χ3v) is 6.11. The van der Waals surface area contributed by atoms with Gasteiger partial charge in [-0.25, -0.2) is 4.39 Å². The average molecular weight is 449 g/mol. The van der Waals surface area contributed by atoms with Crippen molar-refractivity contribution in [3.8, 4) is 0 Å². The van der Waals surface area contributed by atoms with Crippen LogP contribution in [-0.4, -0.2) is 36.1 Å². The number of halogens is 2. The number of hydrogen-bond acceptors (Lipinski definition) is 2. The molecular formula is C17H25FIN3S. The molecule has 1 aliphatic carbocycles. The summed E-state index contributed by atoms with van der Waals surface area (Å²) in [5.41, 5.74) is 0.814. The van der Waals surface area contributed by atoms with Gasteiger partial charge in [0.1, 0.15) is 5.82 Å². The molecule has 1 heterocycles. The smallest absolute Gasteiger partial charge is 0.191 e. The fourth-order valence-corrected chi connectivity index (χ4v) is 4.34. The van der Waals surface area contributed by atoms with Crippen LogP contribution in [-0.2, 0) is 0 Å². The van der Waals surface area contributed by atoms with Crippen LogP contribution in [0, 0.1) is 5.82 Å². The standard InChI is InChI=1S/C17H24FN3S.HI/c1-17(8-5-9-22-17)11-20-16(19-2)21-15-10-13(15)12-6-3-4-7-14(12)18;/h3-4,6-7,13,15H,5,8-11H2,1-2H3,(H2,19,20,21);1H. The highest BCUT2D eigenvalue weighted by Crippen LogP contribution is 2.42. The maximum absolute atomic E-state index is 13.8. The van der Waals surface area contributed by atoms with E-state index in [1.807, 2.05) is 23.9 Å². The van der Waals surface area contributed by atoms with Crippen molar-refractivity contribution in [2.24, 2.45) is 4.99 Å². The lowest BCUT2D eigenvalue weighted by Gasteiger charge is -2.24. The molecule has 0 bridgehead atoms. The van der Waals surface area contributed by atoms with Crippen LogP contribution in [0.1, 0.15) is 37.7 Å². The maximum atomic E-state index is 13.8. The van der Waals surface area contributed by atoms with Crippen LogP contribution in [0.15, 0.2) is 29.3 Å². The first-order valence-electron chi connectivity index (χ1n) is 7.97. The minimum Gasteiger partial charge on any atom is -0.355 e. The lowest BCUT2D eigenvalue weighted by atomic mass is 10.1. The van der Waals surface area contributed by atoms with Gasteiger partial charge in [-0.05, 0) is 43.6 Å². The molecule has 0 spiro atoms. The summed E-state index contributed by atoms with van der Waals surface area (Å²) in [6, 6.07) is 7.35. The zero-order valence-corrected chi connectivity index (χ0v) is 16.8. The highest BCUT2D eigenvalue weighted by molar-refractivity contribution is 14.0. The van der Waals surface area contributed by atoms with E-state index in [0.29, 0.717) is 4.75 Å². The van der Waals surface area contributed by atoms with Gasteiger partial charge >= 0.3 is 0 Å². The predicted molar refractivity (Wildman–Crippen MR) is 108 cm³/mol. The Morgan fingerprint density at radius 1 is 1.43 bits per heavy atom. The molecule has 1 aromatic rings. The van der Waals surface area contributed by atoms with Crippen molar-refractivity contribution >= 4 is 41.7 Å². The van der Waals surface area contributed by atoms with Crippen molar-refractivity contribution in [3.63, 3.8) is 0 Å². The number of aliphatic imine (C=N–C) groups is 1. The number of nitrogens with one attached hydrogen (secondary N) is 2. The second-order valence-electron chi connectivity index (χ2n) is 6.44. The fourth-order valence-electron chi connectivity index (χ4n) is 3.09. The van der Waals surface area contributed by atoms with Crippen molar-refractivity contribution in [2.75, 3.05) is 19.3 Å². The van der Waals surface area contributed by atoms with Crippen LogP contribution in [0.5, 0.6) is 0 Å². The Hall–Kier alpha value is -0.500. The summed E-state index contributed by atoms with van der Waals surface area (Å²) in [5.74, 6) is 2.24.